The third-order valence-electron chi connectivity index (χ3n) is 1.91. The normalized spacial score (nSPS) is 10.2. The monoisotopic (exact) mass is 235 g/mol. The summed E-state index contributed by atoms with van der Waals surface area (Å²) in [7, 11) is 0. The number of nitrogens with two attached hydrogens (primary N) is 1. The maximum Gasteiger partial charge on any atom is 0.101 e. The van der Waals surface area contributed by atoms with Crippen LogP contribution >= 0.6 is 15.9 Å². The maximum atomic E-state index is 8.78. The Labute approximate surface area is 83.3 Å². The molecule has 0 aliphatic rings. The van der Waals surface area contributed by atoms with Gasteiger partial charge in [-0.15, -0.1) is 0 Å². The van der Waals surface area contributed by atoms with Crippen LogP contribution in [0.3, 0.4) is 0 Å². The molecule has 3 nitrogen and oxygen atoms in total. The Kier molecular flexibility index (Phi) is 1.74. The summed E-state index contributed by atoms with van der Waals surface area (Å²) >= 11 is 3.33. The molecule has 2 aromatic rings. The fourth-order valence-electron chi connectivity index (χ4n) is 1.32. The highest BCUT2D eigenvalue weighted by atomic mass is 79.9. The highest BCUT2D eigenvalue weighted by Gasteiger charge is 2.06. The molecule has 0 bridgehead atoms. The van der Waals surface area contributed by atoms with Crippen LogP contribution in [-0.2, 0) is 0 Å². The number of halogens is 1. The topological polar surface area (TPSA) is 65.6 Å². The molecule has 0 atom stereocenters. The second-order valence-corrected chi connectivity index (χ2v) is 3.65. The minimum absolute atomic E-state index is 0.614. The van der Waals surface area contributed by atoms with Crippen molar-refractivity contribution in [3.8, 4) is 6.07 Å². The molecule has 1 aromatic heterocycles. The number of hydrogen-bond acceptors (Lipinski definition) is 2. The van der Waals surface area contributed by atoms with Crippen LogP contribution < -0.4 is 5.73 Å². The van der Waals surface area contributed by atoms with Crippen LogP contribution in [0.2, 0.25) is 0 Å². The van der Waals surface area contributed by atoms with Crippen molar-refractivity contribution < 1.29 is 0 Å². The van der Waals surface area contributed by atoms with Crippen LogP contribution in [-0.4, -0.2) is 4.98 Å². The second-order valence-electron chi connectivity index (χ2n) is 2.73. The quantitative estimate of drug-likeness (QED) is 0.689. The number of hydrogen-bond donors (Lipinski definition) is 2. The Morgan fingerprint density at radius 2 is 2.23 bits per heavy atom. The Bertz CT molecular complexity index is 507. The van der Waals surface area contributed by atoms with Crippen LogP contribution in [0.1, 0.15) is 5.56 Å². The Hall–Kier alpha value is -1.47. The first kappa shape index (κ1) is 8.14. The summed E-state index contributed by atoms with van der Waals surface area (Å²) in [6.07, 6.45) is 1.66. The summed E-state index contributed by atoms with van der Waals surface area (Å²) in [6.45, 7) is 0. The average Bonchev–Trinajstić information content (AvgIpc) is 2.47. The van der Waals surface area contributed by atoms with Crippen LogP contribution in [0.5, 0.6) is 0 Å². The van der Waals surface area contributed by atoms with Crippen molar-refractivity contribution in [2.45, 2.75) is 0 Å². The largest absolute Gasteiger partial charge is 0.397 e. The van der Waals surface area contributed by atoms with Crippen molar-refractivity contribution >= 4 is 32.5 Å². The fraction of sp³-hybridized carbons (Fsp3) is 0. The number of aromatic nitrogens is 1. The van der Waals surface area contributed by atoms with Crippen molar-refractivity contribution in [3.05, 3.63) is 28.4 Å². The van der Waals surface area contributed by atoms with Gasteiger partial charge in [-0.3, -0.25) is 0 Å². The highest BCUT2D eigenvalue weighted by Crippen LogP contribution is 2.27. The van der Waals surface area contributed by atoms with Crippen LogP contribution in [0.4, 0.5) is 5.69 Å². The number of nitrogens with one attached hydrogen (secondary N) is 1. The van der Waals surface area contributed by atoms with E-state index in [0.717, 1.165) is 15.4 Å². The first-order valence-electron chi connectivity index (χ1n) is 3.68. The summed E-state index contributed by atoms with van der Waals surface area (Å²) in [4.78, 5) is 2.97. The molecule has 3 N–H and O–H groups in total. The molecule has 0 saturated heterocycles. The van der Waals surface area contributed by atoms with Crippen LogP contribution in [0.15, 0.2) is 22.8 Å². The number of rotatable bonds is 0. The molecule has 0 aliphatic carbocycles. The molecule has 0 unspecified atom stereocenters. The number of H-pyrrole nitrogens is 1. The molecular weight excluding hydrogens is 230 g/mol. The number of nitrogen functional groups attached to an aromatic ring is 1. The van der Waals surface area contributed by atoms with Crippen molar-refractivity contribution in [3.63, 3.8) is 0 Å². The molecule has 0 amide bonds. The summed E-state index contributed by atoms with van der Waals surface area (Å²) in [5, 5.41) is 9.64. The highest BCUT2D eigenvalue weighted by molar-refractivity contribution is 9.10. The molecule has 0 fully saturated rings. The number of benzene rings is 1. The zero-order valence-electron chi connectivity index (χ0n) is 6.63. The first-order chi connectivity index (χ1) is 6.22. The smallest absolute Gasteiger partial charge is 0.101 e. The zero-order chi connectivity index (χ0) is 9.42. The van der Waals surface area contributed by atoms with Gasteiger partial charge < -0.3 is 10.7 Å². The molecule has 13 heavy (non-hydrogen) atoms. The Morgan fingerprint density at radius 3 is 2.92 bits per heavy atom. The first-order valence-corrected chi connectivity index (χ1v) is 4.48. The number of nitriles is 1. The fourth-order valence-corrected chi connectivity index (χ4v) is 1.79. The molecule has 64 valence electrons. The number of aromatic amines is 1. The van der Waals surface area contributed by atoms with Gasteiger partial charge in [-0.2, -0.15) is 5.26 Å². The minimum atomic E-state index is 0.614. The van der Waals surface area contributed by atoms with Gasteiger partial charge in [0, 0.05) is 16.1 Å². The third kappa shape index (κ3) is 1.18. The number of fused-ring (bicyclic) bond motifs is 1. The van der Waals surface area contributed by atoms with Gasteiger partial charge in [0.2, 0.25) is 0 Å². The Morgan fingerprint density at radius 1 is 1.46 bits per heavy atom. The van der Waals surface area contributed by atoms with Gasteiger partial charge in [0.05, 0.1) is 16.8 Å². The van der Waals surface area contributed by atoms with Gasteiger partial charge in [-0.1, -0.05) is 15.9 Å². The molecule has 1 aromatic carbocycles. The lowest BCUT2D eigenvalue weighted by atomic mass is 10.2. The van der Waals surface area contributed by atoms with E-state index in [1.165, 1.54) is 0 Å². The van der Waals surface area contributed by atoms with E-state index in [2.05, 4.69) is 27.0 Å². The maximum absolute atomic E-state index is 8.78. The van der Waals surface area contributed by atoms with E-state index in [1.807, 2.05) is 6.07 Å². The number of nitrogens with zero attached hydrogens (tertiary/aromatic N) is 1. The standard InChI is InChI=1S/C9H6BrN3/c10-6-1-7-5(3-11)4-13-9(7)8(12)2-6/h1-2,4,13H,12H2. The molecule has 2 rings (SSSR count). The SMILES string of the molecule is N#Cc1c[nH]c2c(N)cc(Br)cc12. The van der Waals surface area contributed by atoms with Crippen molar-refractivity contribution in [1.29, 1.82) is 5.26 Å². The lowest BCUT2D eigenvalue weighted by Crippen LogP contribution is -1.86. The van der Waals surface area contributed by atoms with Crippen LogP contribution in [0, 0.1) is 11.3 Å². The summed E-state index contributed by atoms with van der Waals surface area (Å²) in [6, 6.07) is 5.78. The van der Waals surface area contributed by atoms with Crippen molar-refractivity contribution in [2.24, 2.45) is 0 Å². The van der Waals surface area contributed by atoms with Gasteiger partial charge in [-0.25, -0.2) is 0 Å². The molecular formula is C9H6BrN3. The molecule has 0 radical (unpaired) electrons. The minimum Gasteiger partial charge on any atom is -0.397 e. The zero-order valence-corrected chi connectivity index (χ0v) is 8.22. The summed E-state index contributed by atoms with van der Waals surface area (Å²) in [5.74, 6) is 0. The number of anilines is 1. The van der Waals surface area contributed by atoms with E-state index < -0.39 is 0 Å². The van der Waals surface area contributed by atoms with Gasteiger partial charge in [0.25, 0.3) is 0 Å². The van der Waals surface area contributed by atoms with Gasteiger partial charge in [0.1, 0.15) is 6.07 Å². The molecule has 1 heterocycles. The molecule has 0 saturated carbocycles. The van der Waals surface area contributed by atoms with Gasteiger partial charge >= 0.3 is 0 Å². The second kappa shape index (κ2) is 2.79. The predicted molar refractivity (Wildman–Crippen MR) is 55.1 cm³/mol. The summed E-state index contributed by atoms with van der Waals surface area (Å²) in [5.41, 5.74) is 7.83. The van der Waals surface area contributed by atoms with E-state index in [9.17, 15) is 0 Å². The lowest BCUT2D eigenvalue weighted by molar-refractivity contribution is 1.45. The predicted octanol–water partition coefficient (Wildman–Crippen LogP) is 2.38. The van der Waals surface area contributed by atoms with Gasteiger partial charge in [0.15, 0.2) is 0 Å². The van der Waals surface area contributed by atoms with E-state index in [4.69, 9.17) is 11.0 Å². The lowest BCUT2D eigenvalue weighted by Gasteiger charge is -1.97. The summed E-state index contributed by atoms with van der Waals surface area (Å²) < 4.78 is 0.883. The van der Waals surface area contributed by atoms with E-state index in [0.29, 0.717) is 11.3 Å². The van der Waals surface area contributed by atoms with E-state index in [1.54, 1.807) is 12.3 Å². The van der Waals surface area contributed by atoms with Crippen molar-refractivity contribution in [2.75, 3.05) is 5.73 Å². The average molecular weight is 236 g/mol. The van der Waals surface area contributed by atoms with Crippen molar-refractivity contribution in [1.82, 2.24) is 4.98 Å². The van der Waals surface area contributed by atoms with E-state index in [-0.39, 0.29) is 0 Å². The van der Waals surface area contributed by atoms with Gasteiger partial charge in [-0.05, 0) is 12.1 Å². The molecule has 0 aliphatic heterocycles. The Balaban J connectivity index is 2.92. The molecule has 4 heteroatoms. The van der Waals surface area contributed by atoms with Crippen LogP contribution in [0.25, 0.3) is 10.9 Å². The molecule has 0 spiro atoms. The van der Waals surface area contributed by atoms with E-state index >= 15 is 0 Å². The third-order valence-corrected chi connectivity index (χ3v) is 2.36.